The summed E-state index contributed by atoms with van der Waals surface area (Å²) in [6.45, 7) is 0.0306. The Hall–Kier alpha value is -4.35. The Morgan fingerprint density at radius 2 is 1.66 bits per heavy atom. The van der Waals surface area contributed by atoms with Crippen molar-refractivity contribution in [2.45, 2.75) is 50.4 Å². The molecule has 2 bridgehead atoms. The third-order valence-corrected chi connectivity index (χ3v) is 8.11. The standard InChI is InChI=1S/C29H23F5N4O3/c30-21-6-3-17(10-22(21)31)18-9-20(26(41)35-28-13-27(14-28,15-28)8-7-24(39)40)25-23(11-18)36-37-38(25)12-16-1-4-19(5-2-16)29(32,33)34/h1-6,9-11H,7-8,12-15H2,(H,35,41)(H,39,40). The molecule has 3 fully saturated rings. The van der Waals surface area contributed by atoms with Crippen LogP contribution in [0.25, 0.3) is 22.2 Å². The third kappa shape index (κ3) is 4.91. The summed E-state index contributed by atoms with van der Waals surface area (Å²) in [5.41, 5.74) is 0.686. The van der Waals surface area contributed by atoms with Crippen molar-refractivity contribution in [3.05, 3.63) is 82.9 Å². The molecule has 1 heterocycles. The average molecular weight is 571 g/mol. The molecule has 41 heavy (non-hydrogen) atoms. The van der Waals surface area contributed by atoms with Gasteiger partial charge in [-0.25, -0.2) is 13.5 Å². The number of nitrogens with one attached hydrogen (secondary N) is 1. The van der Waals surface area contributed by atoms with Gasteiger partial charge in [0.2, 0.25) is 0 Å². The van der Waals surface area contributed by atoms with Crippen LogP contribution in [0, 0.1) is 17.0 Å². The summed E-state index contributed by atoms with van der Waals surface area (Å²) in [4.78, 5) is 24.7. The van der Waals surface area contributed by atoms with Crippen LogP contribution in [0.15, 0.2) is 54.6 Å². The van der Waals surface area contributed by atoms with Crippen LogP contribution in [-0.2, 0) is 17.5 Å². The van der Waals surface area contributed by atoms with Crippen molar-refractivity contribution in [1.29, 1.82) is 0 Å². The van der Waals surface area contributed by atoms with Crippen molar-refractivity contribution < 1.29 is 36.6 Å². The molecule has 2 N–H and O–H groups in total. The molecule has 0 radical (unpaired) electrons. The second-order valence-electron chi connectivity index (χ2n) is 11.1. The molecule has 212 valence electrons. The molecule has 3 aliphatic carbocycles. The number of carbonyl (C=O) groups is 2. The fourth-order valence-electron chi connectivity index (χ4n) is 6.29. The van der Waals surface area contributed by atoms with Crippen molar-refractivity contribution in [2.24, 2.45) is 5.41 Å². The zero-order valence-electron chi connectivity index (χ0n) is 21.4. The van der Waals surface area contributed by atoms with E-state index in [2.05, 4.69) is 15.6 Å². The van der Waals surface area contributed by atoms with Gasteiger partial charge in [0.15, 0.2) is 11.6 Å². The molecule has 0 aliphatic heterocycles. The number of alkyl halides is 3. The van der Waals surface area contributed by atoms with Gasteiger partial charge >= 0.3 is 12.1 Å². The lowest BCUT2D eigenvalue weighted by Gasteiger charge is -2.71. The predicted octanol–water partition coefficient (Wildman–Crippen LogP) is 5.96. The number of hydrogen-bond donors (Lipinski definition) is 2. The topological polar surface area (TPSA) is 97.1 Å². The van der Waals surface area contributed by atoms with Crippen molar-refractivity contribution in [2.75, 3.05) is 0 Å². The normalized spacial score (nSPS) is 21.3. The van der Waals surface area contributed by atoms with E-state index in [-0.39, 0.29) is 23.9 Å². The minimum absolute atomic E-state index is 0.0306. The smallest absolute Gasteiger partial charge is 0.416 e. The fraction of sp³-hybridized carbons (Fsp3) is 0.310. The SMILES string of the molecule is O=C(O)CCC12CC(NC(=O)c3cc(-c4ccc(F)c(F)c4)cc4nnn(Cc5ccc(C(F)(F)F)cc5)c34)(C1)C2. The number of benzene rings is 3. The maximum Gasteiger partial charge on any atom is 0.416 e. The average Bonchev–Trinajstić information content (AvgIpc) is 3.27. The van der Waals surface area contributed by atoms with Gasteiger partial charge in [-0.05, 0) is 84.2 Å². The first-order valence-electron chi connectivity index (χ1n) is 12.9. The van der Waals surface area contributed by atoms with Gasteiger partial charge in [0, 0.05) is 12.0 Å². The van der Waals surface area contributed by atoms with Gasteiger partial charge in [0.05, 0.1) is 17.7 Å². The van der Waals surface area contributed by atoms with E-state index in [0.717, 1.165) is 24.3 Å². The minimum Gasteiger partial charge on any atom is -0.481 e. The number of fused-ring (bicyclic) bond motifs is 1. The molecule has 7 nitrogen and oxygen atoms in total. The maximum absolute atomic E-state index is 14.0. The van der Waals surface area contributed by atoms with Crippen LogP contribution in [0.5, 0.6) is 0 Å². The number of carbonyl (C=O) groups excluding carboxylic acids is 1. The molecule has 7 rings (SSSR count). The lowest BCUT2D eigenvalue weighted by atomic mass is 9.38. The number of carboxylic acids is 1. The molecular weight excluding hydrogens is 547 g/mol. The molecule has 0 spiro atoms. The van der Waals surface area contributed by atoms with Gasteiger partial charge in [-0.15, -0.1) is 5.10 Å². The first kappa shape index (κ1) is 26.9. The molecule has 3 saturated carbocycles. The van der Waals surface area contributed by atoms with Crippen molar-refractivity contribution >= 4 is 22.9 Å². The van der Waals surface area contributed by atoms with Crippen LogP contribution in [0.3, 0.4) is 0 Å². The zero-order valence-corrected chi connectivity index (χ0v) is 21.4. The molecule has 0 unspecified atom stereocenters. The quantitative estimate of drug-likeness (QED) is 0.255. The lowest BCUT2D eigenvalue weighted by Crippen LogP contribution is -2.74. The molecular formula is C29H23F5N4O3. The Bertz CT molecular complexity index is 1680. The zero-order chi connectivity index (χ0) is 29.2. The van der Waals surface area contributed by atoms with E-state index in [1.165, 1.54) is 28.9 Å². The number of rotatable bonds is 8. The summed E-state index contributed by atoms with van der Waals surface area (Å²) in [5, 5.41) is 20.4. The summed E-state index contributed by atoms with van der Waals surface area (Å²) >= 11 is 0. The highest BCUT2D eigenvalue weighted by Gasteiger charge is 2.67. The van der Waals surface area contributed by atoms with Gasteiger partial charge < -0.3 is 10.4 Å². The number of aliphatic carboxylic acids is 1. The van der Waals surface area contributed by atoms with E-state index in [1.54, 1.807) is 6.07 Å². The van der Waals surface area contributed by atoms with Crippen LogP contribution in [0.4, 0.5) is 22.0 Å². The predicted molar refractivity (Wildman–Crippen MR) is 137 cm³/mol. The van der Waals surface area contributed by atoms with Crippen molar-refractivity contribution in [3.63, 3.8) is 0 Å². The van der Waals surface area contributed by atoms with Gasteiger partial charge in [0.1, 0.15) is 11.0 Å². The Kier molecular flexibility index (Phi) is 6.13. The van der Waals surface area contributed by atoms with Crippen molar-refractivity contribution in [1.82, 2.24) is 20.3 Å². The summed E-state index contributed by atoms with van der Waals surface area (Å²) < 4.78 is 68.0. The van der Waals surface area contributed by atoms with E-state index in [9.17, 15) is 31.5 Å². The maximum atomic E-state index is 14.0. The molecule has 3 aromatic carbocycles. The molecule has 4 aromatic rings. The van der Waals surface area contributed by atoms with E-state index < -0.39 is 40.8 Å². The van der Waals surface area contributed by atoms with Gasteiger partial charge in [-0.3, -0.25) is 9.59 Å². The van der Waals surface area contributed by atoms with Crippen LogP contribution in [0.2, 0.25) is 0 Å². The Morgan fingerprint density at radius 3 is 2.29 bits per heavy atom. The van der Waals surface area contributed by atoms with Crippen molar-refractivity contribution in [3.8, 4) is 11.1 Å². The molecule has 1 amide bonds. The van der Waals surface area contributed by atoms with Crippen LogP contribution in [-0.4, -0.2) is 37.5 Å². The monoisotopic (exact) mass is 570 g/mol. The Morgan fingerprint density at radius 1 is 0.951 bits per heavy atom. The molecule has 0 saturated heterocycles. The Labute approximate surface area is 230 Å². The second kappa shape index (κ2) is 9.35. The lowest BCUT2D eigenvalue weighted by molar-refractivity contribution is -0.161. The van der Waals surface area contributed by atoms with Crippen LogP contribution >= 0.6 is 0 Å². The number of halogens is 5. The molecule has 0 atom stereocenters. The number of aromatic nitrogens is 3. The molecule has 12 heteroatoms. The summed E-state index contributed by atoms with van der Waals surface area (Å²) in [6, 6.07) is 11.1. The Balaban J connectivity index is 1.33. The highest BCUT2D eigenvalue weighted by molar-refractivity contribution is 6.07. The van der Waals surface area contributed by atoms with Crippen LogP contribution in [0.1, 0.15) is 53.6 Å². The van der Waals surface area contributed by atoms with E-state index in [0.29, 0.717) is 53.4 Å². The number of hydrogen-bond acceptors (Lipinski definition) is 4. The highest BCUT2D eigenvalue weighted by Crippen LogP contribution is 2.69. The number of carboxylic acid groups (broad SMARTS) is 1. The van der Waals surface area contributed by atoms with E-state index >= 15 is 0 Å². The van der Waals surface area contributed by atoms with E-state index in [1.807, 2.05) is 0 Å². The first-order valence-corrected chi connectivity index (χ1v) is 12.9. The third-order valence-electron chi connectivity index (χ3n) is 8.11. The molecule has 1 aromatic heterocycles. The van der Waals surface area contributed by atoms with Gasteiger partial charge in [-0.2, -0.15) is 13.2 Å². The van der Waals surface area contributed by atoms with Crippen LogP contribution < -0.4 is 5.32 Å². The second-order valence-corrected chi connectivity index (χ2v) is 11.1. The largest absolute Gasteiger partial charge is 0.481 e. The summed E-state index contributed by atoms with van der Waals surface area (Å²) in [6.07, 6.45) is -1.89. The number of nitrogens with zero attached hydrogens (tertiary/aromatic N) is 3. The highest BCUT2D eigenvalue weighted by atomic mass is 19.4. The summed E-state index contributed by atoms with van der Waals surface area (Å²) in [7, 11) is 0. The van der Waals surface area contributed by atoms with Gasteiger partial charge in [0.25, 0.3) is 5.91 Å². The van der Waals surface area contributed by atoms with Gasteiger partial charge in [-0.1, -0.05) is 23.4 Å². The minimum atomic E-state index is -4.48. The number of amides is 1. The fourth-order valence-corrected chi connectivity index (χ4v) is 6.29. The first-order chi connectivity index (χ1) is 19.4. The summed E-state index contributed by atoms with van der Waals surface area (Å²) in [5.74, 6) is -3.38. The van der Waals surface area contributed by atoms with E-state index in [4.69, 9.17) is 5.11 Å². The molecule has 3 aliphatic rings.